The molecule has 1 heterocycles. The van der Waals surface area contributed by atoms with Crippen molar-refractivity contribution < 1.29 is 10.2 Å². The van der Waals surface area contributed by atoms with Crippen LogP contribution in [-0.4, -0.2) is 32.5 Å². The lowest BCUT2D eigenvalue weighted by Gasteiger charge is -2.46. The van der Waals surface area contributed by atoms with Crippen LogP contribution in [-0.2, 0) is 0 Å². The Morgan fingerprint density at radius 2 is 2.41 bits per heavy atom. The van der Waals surface area contributed by atoms with Crippen molar-refractivity contribution in [3.8, 4) is 0 Å². The number of aromatic nitrogens is 2. The van der Waals surface area contributed by atoms with Crippen LogP contribution in [0.4, 0.5) is 5.82 Å². The van der Waals surface area contributed by atoms with E-state index in [2.05, 4.69) is 4.98 Å². The van der Waals surface area contributed by atoms with Crippen molar-refractivity contribution in [1.29, 1.82) is 0 Å². The van der Waals surface area contributed by atoms with E-state index >= 15 is 0 Å². The molecule has 0 saturated heterocycles. The van der Waals surface area contributed by atoms with Crippen molar-refractivity contribution in [2.24, 2.45) is 11.8 Å². The monoisotopic (exact) mass is 239 g/mol. The number of hydrogen-bond acceptors (Lipinski definition) is 5. The molecule has 94 valence electrons. The van der Waals surface area contributed by atoms with Gasteiger partial charge in [0.1, 0.15) is 5.82 Å². The summed E-state index contributed by atoms with van der Waals surface area (Å²) in [4.78, 5) is 15.3. The van der Waals surface area contributed by atoms with Crippen LogP contribution in [0.2, 0.25) is 0 Å². The Hall–Kier alpha value is -1.40. The average molecular weight is 239 g/mol. The topological polar surface area (TPSA) is 101 Å². The van der Waals surface area contributed by atoms with Gasteiger partial charge in [-0.1, -0.05) is 0 Å². The van der Waals surface area contributed by atoms with Gasteiger partial charge in [-0.3, -0.25) is 4.57 Å². The molecular weight excluding hydrogens is 222 g/mol. The van der Waals surface area contributed by atoms with Crippen LogP contribution in [0.1, 0.15) is 19.4 Å². The lowest BCUT2D eigenvalue weighted by molar-refractivity contribution is -0.0491. The summed E-state index contributed by atoms with van der Waals surface area (Å²) in [7, 11) is 0. The van der Waals surface area contributed by atoms with E-state index in [0.29, 0.717) is 6.42 Å². The van der Waals surface area contributed by atoms with E-state index in [1.807, 2.05) is 0 Å². The molecule has 0 amide bonds. The first-order valence-corrected chi connectivity index (χ1v) is 5.68. The van der Waals surface area contributed by atoms with E-state index in [1.165, 1.54) is 4.57 Å². The minimum absolute atomic E-state index is 0.0310. The van der Waals surface area contributed by atoms with Crippen LogP contribution < -0.4 is 11.4 Å². The Bertz CT molecular complexity index is 458. The lowest BCUT2D eigenvalue weighted by atomic mass is 9.67. The molecule has 0 aromatic carbocycles. The highest BCUT2D eigenvalue weighted by Crippen LogP contribution is 2.45. The second-order valence-corrected chi connectivity index (χ2v) is 4.61. The van der Waals surface area contributed by atoms with Gasteiger partial charge in [-0.25, -0.2) is 4.79 Å². The number of nitrogens with two attached hydrogens (primary N) is 1. The highest BCUT2D eigenvalue weighted by atomic mass is 16.3. The molecule has 1 aliphatic carbocycles. The number of rotatable bonds is 3. The van der Waals surface area contributed by atoms with Crippen LogP contribution in [0.25, 0.3) is 0 Å². The number of nitrogen functional groups attached to an aromatic ring is 1. The molecule has 0 radical (unpaired) electrons. The molecule has 1 saturated carbocycles. The molecule has 1 aromatic rings. The van der Waals surface area contributed by atoms with Crippen molar-refractivity contribution in [2.45, 2.75) is 25.5 Å². The summed E-state index contributed by atoms with van der Waals surface area (Å²) in [6.07, 6.45) is 1.71. The summed E-state index contributed by atoms with van der Waals surface area (Å²) in [5.74, 6) is 0.130. The van der Waals surface area contributed by atoms with E-state index in [1.54, 1.807) is 19.2 Å². The van der Waals surface area contributed by atoms with Crippen molar-refractivity contribution in [3.05, 3.63) is 22.7 Å². The van der Waals surface area contributed by atoms with Gasteiger partial charge in [0.15, 0.2) is 0 Å². The third-order valence-electron chi connectivity index (χ3n) is 3.53. The SMILES string of the molecule is CC(O)C1C(CO)CC1n1ccc(N)nc1=O. The van der Waals surface area contributed by atoms with Crippen LogP contribution in [0.3, 0.4) is 0 Å². The standard InChI is InChI=1S/C11H17N3O3/c1-6(16)10-7(5-15)4-8(10)14-3-2-9(12)13-11(14)17/h2-3,6-8,10,15-16H,4-5H2,1H3,(H2,12,13,17). The summed E-state index contributed by atoms with van der Waals surface area (Å²) < 4.78 is 1.49. The second-order valence-electron chi connectivity index (χ2n) is 4.61. The molecule has 6 nitrogen and oxygen atoms in total. The Balaban J connectivity index is 2.26. The number of aliphatic hydroxyl groups excluding tert-OH is 2. The van der Waals surface area contributed by atoms with Gasteiger partial charge in [-0.05, 0) is 25.3 Å². The van der Waals surface area contributed by atoms with Crippen LogP contribution in [0.5, 0.6) is 0 Å². The first-order chi connectivity index (χ1) is 8.04. The predicted octanol–water partition coefficient (Wildman–Crippen LogP) is -0.624. The molecule has 1 aliphatic rings. The normalized spacial score (nSPS) is 29.7. The summed E-state index contributed by atoms with van der Waals surface area (Å²) in [5, 5.41) is 18.8. The molecule has 1 aromatic heterocycles. The van der Waals surface area contributed by atoms with Crippen molar-refractivity contribution in [2.75, 3.05) is 12.3 Å². The molecule has 4 atom stereocenters. The Morgan fingerprint density at radius 3 is 2.94 bits per heavy atom. The zero-order chi connectivity index (χ0) is 12.6. The van der Waals surface area contributed by atoms with Gasteiger partial charge in [0.2, 0.25) is 0 Å². The summed E-state index contributed by atoms with van der Waals surface area (Å²) >= 11 is 0. The fourth-order valence-electron chi connectivity index (χ4n) is 2.63. The highest BCUT2D eigenvalue weighted by Gasteiger charge is 2.44. The molecule has 17 heavy (non-hydrogen) atoms. The van der Waals surface area contributed by atoms with Crippen LogP contribution in [0, 0.1) is 11.8 Å². The molecule has 0 bridgehead atoms. The van der Waals surface area contributed by atoms with Gasteiger partial charge in [-0.15, -0.1) is 0 Å². The first kappa shape index (κ1) is 12.1. The van der Waals surface area contributed by atoms with E-state index in [-0.39, 0.29) is 30.3 Å². The molecular formula is C11H17N3O3. The number of anilines is 1. The molecule has 4 unspecified atom stereocenters. The Morgan fingerprint density at radius 1 is 1.71 bits per heavy atom. The summed E-state index contributed by atoms with van der Waals surface area (Å²) in [6.45, 7) is 1.71. The minimum atomic E-state index is -0.560. The highest BCUT2D eigenvalue weighted by molar-refractivity contribution is 5.23. The maximum atomic E-state index is 11.7. The minimum Gasteiger partial charge on any atom is -0.396 e. The van der Waals surface area contributed by atoms with Gasteiger partial charge in [0, 0.05) is 24.8 Å². The van der Waals surface area contributed by atoms with Gasteiger partial charge in [-0.2, -0.15) is 4.98 Å². The maximum Gasteiger partial charge on any atom is 0.349 e. The molecule has 2 rings (SSSR count). The third-order valence-corrected chi connectivity index (χ3v) is 3.53. The summed E-state index contributed by atoms with van der Waals surface area (Å²) in [5.41, 5.74) is 5.02. The first-order valence-electron chi connectivity index (χ1n) is 5.68. The van der Waals surface area contributed by atoms with E-state index in [9.17, 15) is 9.90 Å². The lowest BCUT2D eigenvalue weighted by Crippen LogP contribution is -2.49. The fraction of sp³-hybridized carbons (Fsp3) is 0.636. The van der Waals surface area contributed by atoms with Crippen LogP contribution in [0.15, 0.2) is 17.1 Å². The Kier molecular flexibility index (Phi) is 3.17. The van der Waals surface area contributed by atoms with Gasteiger partial charge in [0.05, 0.1) is 6.10 Å². The maximum absolute atomic E-state index is 11.7. The fourth-order valence-corrected chi connectivity index (χ4v) is 2.63. The van der Waals surface area contributed by atoms with Gasteiger partial charge < -0.3 is 15.9 Å². The molecule has 6 heteroatoms. The van der Waals surface area contributed by atoms with Gasteiger partial charge >= 0.3 is 5.69 Å². The zero-order valence-electron chi connectivity index (χ0n) is 9.65. The molecule has 0 spiro atoms. The van der Waals surface area contributed by atoms with Crippen molar-refractivity contribution in [1.82, 2.24) is 9.55 Å². The average Bonchev–Trinajstić information content (AvgIpc) is 2.19. The third kappa shape index (κ3) is 2.05. The number of hydrogen-bond donors (Lipinski definition) is 3. The predicted molar refractivity (Wildman–Crippen MR) is 62.3 cm³/mol. The molecule has 1 fully saturated rings. The molecule has 4 N–H and O–H groups in total. The van der Waals surface area contributed by atoms with Crippen LogP contribution >= 0.6 is 0 Å². The van der Waals surface area contributed by atoms with Crippen molar-refractivity contribution >= 4 is 5.82 Å². The Labute approximate surface area is 98.7 Å². The number of aliphatic hydroxyl groups is 2. The van der Waals surface area contributed by atoms with E-state index < -0.39 is 11.8 Å². The zero-order valence-corrected chi connectivity index (χ0v) is 9.65. The van der Waals surface area contributed by atoms with E-state index in [4.69, 9.17) is 10.8 Å². The smallest absolute Gasteiger partial charge is 0.349 e. The van der Waals surface area contributed by atoms with Gasteiger partial charge in [0.25, 0.3) is 0 Å². The quantitative estimate of drug-likeness (QED) is 0.652. The number of nitrogens with zero attached hydrogens (tertiary/aromatic N) is 2. The molecule has 0 aliphatic heterocycles. The second kappa shape index (κ2) is 4.46. The van der Waals surface area contributed by atoms with Crippen molar-refractivity contribution in [3.63, 3.8) is 0 Å². The summed E-state index contributed by atoms with van der Waals surface area (Å²) in [6, 6.07) is 1.46. The van der Waals surface area contributed by atoms with E-state index in [0.717, 1.165) is 0 Å². The largest absolute Gasteiger partial charge is 0.396 e.